The van der Waals surface area contributed by atoms with Crippen molar-refractivity contribution < 1.29 is 30.9 Å². The first-order valence-electron chi connectivity index (χ1n) is 5.66. The molecule has 0 radical (unpaired) electrons. The summed E-state index contributed by atoms with van der Waals surface area (Å²) >= 11 is 0. The molecule has 0 amide bonds. The van der Waals surface area contributed by atoms with E-state index in [4.69, 9.17) is 13.0 Å². The van der Waals surface area contributed by atoms with Crippen LogP contribution in [0, 0.1) is 0 Å². The minimum absolute atomic E-state index is 0.0352. The van der Waals surface area contributed by atoms with Gasteiger partial charge in [-0.15, -0.1) is 0 Å². The van der Waals surface area contributed by atoms with Crippen LogP contribution in [0.3, 0.4) is 0 Å². The first kappa shape index (κ1) is 17.8. The molecule has 0 bridgehead atoms. The van der Waals surface area contributed by atoms with Crippen LogP contribution in [-0.2, 0) is 10.1 Å². The molecular weight excluding hydrogens is 323 g/mol. The zero-order valence-corrected chi connectivity index (χ0v) is 11.7. The van der Waals surface area contributed by atoms with Crippen LogP contribution in [0.5, 0.6) is 0 Å². The van der Waals surface area contributed by atoms with E-state index in [2.05, 4.69) is 4.98 Å². The quantitative estimate of drug-likeness (QED) is 0.519. The maximum absolute atomic E-state index is 11.8. The van der Waals surface area contributed by atoms with E-state index < -0.39 is 15.6 Å². The molecule has 1 aromatic heterocycles. The van der Waals surface area contributed by atoms with Gasteiger partial charge in [-0.2, -0.15) is 21.6 Å². The molecule has 0 atom stereocenters. The zero-order valence-electron chi connectivity index (χ0n) is 10.9. The summed E-state index contributed by atoms with van der Waals surface area (Å²) in [6, 6.07) is 12.7. The second-order valence-corrected chi connectivity index (χ2v) is 5.26. The van der Waals surface area contributed by atoms with Crippen molar-refractivity contribution in [2.75, 3.05) is 0 Å². The van der Waals surface area contributed by atoms with Crippen LogP contribution >= 0.6 is 0 Å². The standard InChI is InChI=1S/C12H9NO.CHF3O3S/c14-12(10-4-2-1-3-5-10)11-6-8-13-9-7-11;2-1(3,4)8(5,6)7/h1-9H;(H,5,6,7). The Hall–Kier alpha value is -2.26. The van der Waals surface area contributed by atoms with Crippen molar-refractivity contribution in [3.63, 3.8) is 0 Å². The summed E-state index contributed by atoms with van der Waals surface area (Å²) < 4.78 is 57.5. The predicted octanol–water partition coefficient (Wildman–Crippen LogP) is 2.71. The lowest BCUT2D eigenvalue weighted by atomic mass is 10.1. The predicted molar refractivity (Wildman–Crippen MR) is 71.7 cm³/mol. The highest BCUT2D eigenvalue weighted by molar-refractivity contribution is 7.86. The Balaban J connectivity index is 0.000000261. The largest absolute Gasteiger partial charge is 0.522 e. The van der Waals surface area contributed by atoms with Gasteiger partial charge in [0, 0.05) is 23.5 Å². The van der Waals surface area contributed by atoms with Crippen LogP contribution in [-0.4, -0.2) is 29.2 Å². The fourth-order valence-corrected chi connectivity index (χ4v) is 1.26. The lowest BCUT2D eigenvalue weighted by Gasteiger charge is -1.99. The number of alkyl halides is 3. The number of hydrogen-bond donors (Lipinski definition) is 1. The van der Waals surface area contributed by atoms with Crippen LogP contribution in [0.15, 0.2) is 54.9 Å². The molecular formula is C13H10F3NO4S. The van der Waals surface area contributed by atoms with Gasteiger partial charge in [-0.25, -0.2) is 0 Å². The van der Waals surface area contributed by atoms with Crippen molar-refractivity contribution in [1.29, 1.82) is 0 Å². The van der Waals surface area contributed by atoms with E-state index in [9.17, 15) is 18.0 Å². The Morgan fingerprint density at radius 1 is 0.955 bits per heavy atom. The van der Waals surface area contributed by atoms with E-state index in [1.165, 1.54) is 0 Å². The molecule has 2 rings (SSSR count). The second-order valence-electron chi connectivity index (χ2n) is 3.85. The summed E-state index contributed by atoms with van der Waals surface area (Å²) in [4.78, 5) is 15.7. The van der Waals surface area contributed by atoms with Crippen LogP contribution < -0.4 is 0 Å². The molecule has 1 heterocycles. The number of nitrogens with zero attached hydrogens (tertiary/aromatic N) is 1. The number of carbonyl (C=O) groups excluding carboxylic acids is 1. The van der Waals surface area contributed by atoms with E-state index in [-0.39, 0.29) is 5.78 Å². The molecule has 9 heteroatoms. The fraction of sp³-hybridized carbons (Fsp3) is 0.0769. The summed E-state index contributed by atoms with van der Waals surface area (Å²) in [5, 5.41) is 0. The van der Waals surface area contributed by atoms with E-state index >= 15 is 0 Å². The van der Waals surface area contributed by atoms with Crippen LogP contribution in [0.25, 0.3) is 0 Å². The van der Waals surface area contributed by atoms with Crippen molar-refractivity contribution in [2.45, 2.75) is 5.51 Å². The maximum Gasteiger partial charge on any atom is 0.522 e. The average molecular weight is 333 g/mol. The van der Waals surface area contributed by atoms with Gasteiger partial charge in [0.05, 0.1) is 0 Å². The third-order valence-corrected chi connectivity index (χ3v) is 2.86. The number of pyridine rings is 1. The summed E-state index contributed by atoms with van der Waals surface area (Å²) in [6.45, 7) is 0. The lowest BCUT2D eigenvalue weighted by Crippen LogP contribution is -2.21. The number of hydrogen-bond acceptors (Lipinski definition) is 4. The third-order valence-electron chi connectivity index (χ3n) is 2.27. The number of ketones is 1. The van der Waals surface area contributed by atoms with Gasteiger partial charge < -0.3 is 0 Å². The van der Waals surface area contributed by atoms with Gasteiger partial charge in [-0.05, 0) is 12.1 Å². The molecule has 2 aromatic rings. The van der Waals surface area contributed by atoms with Gasteiger partial charge >= 0.3 is 15.6 Å². The van der Waals surface area contributed by atoms with Gasteiger partial charge in [0.25, 0.3) is 0 Å². The average Bonchev–Trinajstić information content (AvgIpc) is 2.47. The van der Waals surface area contributed by atoms with E-state index in [0.29, 0.717) is 11.1 Å². The number of carbonyl (C=O) groups is 1. The fourth-order valence-electron chi connectivity index (χ4n) is 1.26. The van der Waals surface area contributed by atoms with Crippen molar-refractivity contribution in [2.24, 2.45) is 0 Å². The summed E-state index contributed by atoms with van der Waals surface area (Å²) in [5.74, 6) is 0.0352. The third kappa shape index (κ3) is 5.26. The molecule has 0 aliphatic heterocycles. The van der Waals surface area contributed by atoms with Crippen molar-refractivity contribution >= 4 is 15.9 Å². The Kier molecular flexibility index (Phi) is 5.77. The highest BCUT2D eigenvalue weighted by atomic mass is 32.2. The van der Waals surface area contributed by atoms with Crippen LogP contribution in [0.1, 0.15) is 15.9 Å². The minimum atomic E-state index is -5.84. The Bertz CT molecular complexity index is 674. The van der Waals surface area contributed by atoms with Crippen molar-refractivity contribution in [1.82, 2.24) is 4.98 Å². The highest BCUT2D eigenvalue weighted by Crippen LogP contribution is 2.20. The van der Waals surface area contributed by atoms with E-state index in [0.717, 1.165) is 0 Å². The summed E-state index contributed by atoms with van der Waals surface area (Å²) in [7, 11) is -5.84. The Labute approximate surface area is 124 Å². The maximum atomic E-state index is 11.8. The summed E-state index contributed by atoms with van der Waals surface area (Å²) in [5.41, 5.74) is -4.16. The molecule has 1 aromatic carbocycles. The van der Waals surface area contributed by atoms with Gasteiger partial charge in [-0.3, -0.25) is 14.3 Å². The van der Waals surface area contributed by atoms with Gasteiger partial charge in [0.15, 0.2) is 5.78 Å². The molecule has 0 aliphatic rings. The number of aromatic nitrogens is 1. The molecule has 0 saturated heterocycles. The number of benzene rings is 1. The molecule has 118 valence electrons. The Morgan fingerprint density at radius 2 is 1.36 bits per heavy atom. The number of halogens is 3. The smallest absolute Gasteiger partial charge is 0.289 e. The molecule has 0 spiro atoms. The number of rotatable bonds is 2. The van der Waals surface area contributed by atoms with E-state index in [1.807, 2.05) is 30.3 Å². The Morgan fingerprint density at radius 3 is 1.77 bits per heavy atom. The molecule has 1 N–H and O–H groups in total. The van der Waals surface area contributed by atoms with Crippen molar-refractivity contribution in [3.8, 4) is 0 Å². The molecule has 22 heavy (non-hydrogen) atoms. The molecule has 0 aliphatic carbocycles. The second kappa shape index (κ2) is 7.14. The SMILES string of the molecule is O=C(c1ccccc1)c1ccncc1.O=S(=O)(O)C(F)(F)F. The molecule has 0 unspecified atom stereocenters. The lowest BCUT2D eigenvalue weighted by molar-refractivity contribution is -0.0510. The van der Waals surface area contributed by atoms with Crippen LogP contribution in [0.2, 0.25) is 0 Å². The molecule has 0 saturated carbocycles. The van der Waals surface area contributed by atoms with Crippen molar-refractivity contribution in [3.05, 3.63) is 66.0 Å². The normalized spacial score (nSPS) is 11.3. The first-order chi connectivity index (χ1) is 10.1. The van der Waals surface area contributed by atoms with Gasteiger partial charge in [0.1, 0.15) is 0 Å². The van der Waals surface area contributed by atoms with E-state index in [1.54, 1.807) is 24.5 Å². The molecule has 0 fully saturated rings. The van der Waals surface area contributed by atoms with Gasteiger partial charge in [-0.1, -0.05) is 30.3 Å². The topological polar surface area (TPSA) is 84.3 Å². The summed E-state index contributed by atoms with van der Waals surface area (Å²) in [6.07, 6.45) is 3.24. The first-order valence-corrected chi connectivity index (χ1v) is 7.10. The minimum Gasteiger partial charge on any atom is -0.289 e. The molecule has 5 nitrogen and oxygen atoms in total. The zero-order chi connectivity index (χ0) is 16.8. The van der Waals surface area contributed by atoms with Gasteiger partial charge in [0.2, 0.25) is 0 Å². The van der Waals surface area contributed by atoms with Crippen LogP contribution in [0.4, 0.5) is 13.2 Å². The monoisotopic (exact) mass is 333 g/mol. The highest BCUT2D eigenvalue weighted by Gasteiger charge is 2.44.